The molecule has 0 heterocycles. The average Bonchev–Trinajstić information content (AvgIpc) is 2.50. The number of hydrogen-bond donors (Lipinski definition) is 1. The highest BCUT2D eigenvalue weighted by Crippen LogP contribution is 2.27. The quantitative estimate of drug-likeness (QED) is 0.671. The van der Waals surface area contributed by atoms with Gasteiger partial charge in [-0.3, -0.25) is 0 Å². The number of methoxy groups -OCH3 is 1. The molecular weight excluding hydrogens is 262 g/mol. The van der Waals surface area contributed by atoms with Crippen molar-refractivity contribution in [1.82, 2.24) is 10.2 Å². The SMILES string of the molecule is CCN(CC)CCCNCc1ccc(N(C)C)c(OC)c1. The molecule has 0 amide bonds. The van der Waals surface area contributed by atoms with Crippen LogP contribution in [0.1, 0.15) is 25.8 Å². The van der Waals surface area contributed by atoms with E-state index in [0.29, 0.717) is 0 Å². The lowest BCUT2D eigenvalue weighted by Gasteiger charge is -2.18. The average molecular weight is 293 g/mol. The monoisotopic (exact) mass is 293 g/mol. The van der Waals surface area contributed by atoms with E-state index >= 15 is 0 Å². The predicted molar refractivity (Wildman–Crippen MR) is 91.4 cm³/mol. The van der Waals surface area contributed by atoms with Crippen LogP contribution in [0.3, 0.4) is 0 Å². The fraction of sp³-hybridized carbons (Fsp3) is 0.647. The van der Waals surface area contributed by atoms with Crippen LogP contribution in [-0.4, -0.2) is 52.3 Å². The highest BCUT2D eigenvalue weighted by atomic mass is 16.5. The molecule has 21 heavy (non-hydrogen) atoms. The fourth-order valence-corrected chi connectivity index (χ4v) is 2.40. The molecule has 0 atom stereocenters. The molecule has 0 radical (unpaired) electrons. The summed E-state index contributed by atoms with van der Waals surface area (Å²) >= 11 is 0. The third kappa shape index (κ3) is 5.94. The molecule has 4 heteroatoms. The van der Waals surface area contributed by atoms with Crippen molar-refractivity contribution >= 4 is 5.69 Å². The van der Waals surface area contributed by atoms with Crippen molar-refractivity contribution in [2.75, 3.05) is 52.3 Å². The lowest BCUT2D eigenvalue weighted by atomic mass is 10.1. The number of nitrogens with one attached hydrogen (secondary N) is 1. The van der Waals surface area contributed by atoms with Crippen LogP contribution in [0.2, 0.25) is 0 Å². The molecule has 0 fully saturated rings. The maximum absolute atomic E-state index is 5.46. The Labute approximate surface area is 130 Å². The van der Waals surface area contributed by atoms with Crippen LogP contribution in [0.5, 0.6) is 5.75 Å². The molecule has 0 aliphatic rings. The van der Waals surface area contributed by atoms with Crippen molar-refractivity contribution in [1.29, 1.82) is 0 Å². The Morgan fingerprint density at radius 2 is 1.86 bits per heavy atom. The lowest BCUT2D eigenvalue weighted by Crippen LogP contribution is -2.27. The molecule has 0 aliphatic carbocycles. The van der Waals surface area contributed by atoms with Gasteiger partial charge >= 0.3 is 0 Å². The van der Waals surface area contributed by atoms with E-state index in [9.17, 15) is 0 Å². The Morgan fingerprint density at radius 3 is 2.43 bits per heavy atom. The van der Waals surface area contributed by atoms with Gasteiger partial charge in [0.25, 0.3) is 0 Å². The molecule has 0 spiro atoms. The van der Waals surface area contributed by atoms with E-state index in [2.05, 4.69) is 47.2 Å². The summed E-state index contributed by atoms with van der Waals surface area (Å²) in [7, 11) is 5.79. The van der Waals surface area contributed by atoms with Gasteiger partial charge in [0.15, 0.2) is 0 Å². The number of hydrogen-bond acceptors (Lipinski definition) is 4. The lowest BCUT2D eigenvalue weighted by molar-refractivity contribution is 0.298. The molecule has 0 unspecified atom stereocenters. The number of nitrogens with zero attached hydrogens (tertiary/aromatic N) is 2. The summed E-state index contributed by atoms with van der Waals surface area (Å²) in [5, 5.41) is 3.51. The van der Waals surface area contributed by atoms with Crippen molar-refractivity contribution < 1.29 is 4.74 Å². The van der Waals surface area contributed by atoms with E-state index in [1.54, 1.807) is 7.11 Å². The zero-order chi connectivity index (χ0) is 15.7. The molecule has 1 aromatic rings. The van der Waals surface area contributed by atoms with Crippen LogP contribution in [0, 0.1) is 0 Å². The summed E-state index contributed by atoms with van der Waals surface area (Å²) in [4.78, 5) is 4.52. The van der Waals surface area contributed by atoms with Crippen molar-refractivity contribution in [3.63, 3.8) is 0 Å². The minimum absolute atomic E-state index is 0.891. The summed E-state index contributed by atoms with van der Waals surface area (Å²) in [5.74, 6) is 0.933. The van der Waals surface area contributed by atoms with E-state index < -0.39 is 0 Å². The first-order chi connectivity index (χ1) is 10.1. The normalized spacial score (nSPS) is 11.0. The first-order valence-corrected chi connectivity index (χ1v) is 7.89. The van der Waals surface area contributed by atoms with Crippen molar-refractivity contribution in [3.8, 4) is 5.75 Å². The topological polar surface area (TPSA) is 27.7 Å². The van der Waals surface area contributed by atoms with Crippen LogP contribution < -0.4 is 15.0 Å². The summed E-state index contributed by atoms with van der Waals surface area (Å²) in [6.45, 7) is 9.82. The Balaban J connectivity index is 2.39. The standard InChI is InChI=1S/C17H31N3O/c1-6-20(7-2)12-8-11-18-14-15-9-10-16(19(3)4)17(13-15)21-5/h9-10,13,18H,6-8,11-12,14H2,1-5H3. The summed E-state index contributed by atoms with van der Waals surface area (Å²) in [6, 6.07) is 6.40. The van der Waals surface area contributed by atoms with Gasteiger partial charge in [-0.05, 0) is 50.3 Å². The van der Waals surface area contributed by atoms with E-state index in [4.69, 9.17) is 4.74 Å². The number of rotatable bonds is 10. The summed E-state index contributed by atoms with van der Waals surface area (Å²) in [6.07, 6.45) is 1.19. The van der Waals surface area contributed by atoms with E-state index in [1.807, 2.05) is 14.1 Å². The smallest absolute Gasteiger partial charge is 0.142 e. The third-order valence-electron chi connectivity index (χ3n) is 3.78. The molecule has 1 aromatic carbocycles. The van der Waals surface area contributed by atoms with Crippen molar-refractivity contribution in [2.45, 2.75) is 26.8 Å². The van der Waals surface area contributed by atoms with Crippen LogP contribution in [0.25, 0.3) is 0 Å². The molecule has 1 rings (SSSR count). The second kappa shape index (κ2) is 9.64. The highest BCUT2D eigenvalue weighted by molar-refractivity contribution is 5.58. The number of ether oxygens (including phenoxy) is 1. The first-order valence-electron chi connectivity index (χ1n) is 7.89. The van der Waals surface area contributed by atoms with Crippen LogP contribution in [0.15, 0.2) is 18.2 Å². The van der Waals surface area contributed by atoms with Gasteiger partial charge in [-0.25, -0.2) is 0 Å². The predicted octanol–water partition coefficient (Wildman–Crippen LogP) is 2.58. The zero-order valence-corrected chi connectivity index (χ0v) is 14.3. The van der Waals surface area contributed by atoms with Crippen LogP contribution >= 0.6 is 0 Å². The third-order valence-corrected chi connectivity index (χ3v) is 3.78. The largest absolute Gasteiger partial charge is 0.495 e. The molecule has 0 saturated carbocycles. The van der Waals surface area contributed by atoms with Gasteiger partial charge in [0.05, 0.1) is 12.8 Å². The Kier molecular flexibility index (Phi) is 8.16. The Bertz CT molecular complexity index is 403. The Hall–Kier alpha value is -1.26. The summed E-state index contributed by atoms with van der Waals surface area (Å²) < 4.78 is 5.46. The second-order valence-corrected chi connectivity index (χ2v) is 5.46. The van der Waals surface area contributed by atoms with Gasteiger partial charge in [-0.2, -0.15) is 0 Å². The minimum atomic E-state index is 0.891. The van der Waals surface area contributed by atoms with E-state index in [-0.39, 0.29) is 0 Å². The maximum Gasteiger partial charge on any atom is 0.142 e. The second-order valence-electron chi connectivity index (χ2n) is 5.46. The Morgan fingerprint density at radius 1 is 1.14 bits per heavy atom. The maximum atomic E-state index is 5.46. The molecular formula is C17H31N3O. The molecule has 0 bridgehead atoms. The minimum Gasteiger partial charge on any atom is -0.495 e. The van der Waals surface area contributed by atoms with Crippen molar-refractivity contribution in [3.05, 3.63) is 23.8 Å². The molecule has 120 valence electrons. The van der Waals surface area contributed by atoms with Gasteiger partial charge < -0.3 is 19.9 Å². The fourth-order valence-electron chi connectivity index (χ4n) is 2.40. The van der Waals surface area contributed by atoms with E-state index in [0.717, 1.165) is 37.6 Å². The van der Waals surface area contributed by atoms with Gasteiger partial charge in [0, 0.05) is 20.6 Å². The van der Waals surface area contributed by atoms with Gasteiger partial charge in [-0.1, -0.05) is 19.9 Å². The van der Waals surface area contributed by atoms with E-state index in [1.165, 1.54) is 18.5 Å². The van der Waals surface area contributed by atoms with Gasteiger partial charge in [0.1, 0.15) is 5.75 Å². The van der Waals surface area contributed by atoms with Gasteiger partial charge in [0.2, 0.25) is 0 Å². The summed E-state index contributed by atoms with van der Waals surface area (Å²) in [5.41, 5.74) is 2.38. The molecule has 0 saturated heterocycles. The molecule has 0 aromatic heterocycles. The first kappa shape index (κ1) is 17.8. The number of anilines is 1. The van der Waals surface area contributed by atoms with Gasteiger partial charge in [-0.15, -0.1) is 0 Å². The number of benzene rings is 1. The molecule has 1 N–H and O–H groups in total. The molecule has 0 aliphatic heterocycles. The van der Waals surface area contributed by atoms with Crippen molar-refractivity contribution in [2.24, 2.45) is 0 Å². The van der Waals surface area contributed by atoms with Crippen LogP contribution in [0.4, 0.5) is 5.69 Å². The molecule has 4 nitrogen and oxygen atoms in total. The van der Waals surface area contributed by atoms with Crippen LogP contribution in [-0.2, 0) is 6.54 Å². The zero-order valence-electron chi connectivity index (χ0n) is 14.3. The highest BCUT2D eigenvalue weighted by Gasteiger charge is 2.06.